The SMILES string of the molecule is COc1ccc(COC(=O)NCC(C#N)c2cccc(OCc3ccc(OC)cc3)c2)cc1. The quantitative estimate of drug-likeness (QED) is 0.480. The van der Waals surface area contributed by atoms with Crippen LogP contribution in [0, 0.1) is 11.3 Å². The molecule has 0 heterocycles. The Morgan fingerprint density at radius 2 is 1.48 bits per heavy atom. The third kappa shape index (κ3) is 7.18. The number of carbonyl (C=O) groups is 1. The van der Waals surface area contributed by atoms with Gasteiger partial charge in [-0.05, 0) is 53.1 Å². The predicted octanol–water partition coefficient (Wildman–Crippen LogP) is 4.82. The zero-order valence-electron chi connectivity index (χ0n) is 18.6. The molecule has 0 aromatic heterocycles. The Kier molecular flexibility index (Phi) is 8.55. The lowest BCUT2D eigenvalue weighted by molar-refractivity contribution is 0.139. The molecule has 0 saturated carbocycles. The van der Waals surface area contributed by atoms with E-state index in [2.05, 4.69) is 11.4 Å². The minimum atomic E-state index is -0.585. The van der Waals surface area contributed by atoms with Crippen molar-refractivity contribution < 1.29 is 23.7 Å². The van der Waals surface area contributed by atoms with Gasteiger partial charge in [-0.2, -0.15) is 5.26 Å². The summed E-state index contributed by atoms with van der Waals surface area (Å²) in [6, 6.07) is 24.4. The molecule has 0 aliphatic carbocycles. The molecule has 0 radical (unpaired) electrons. The van der Waals surface area contributed by atoms with E-state index in [1.165, 1.54) is 0 Å². The van der Waals surface area contributed by atoms with Crippen LogP contribution in [0.25, 0.3) is 0 Å². The zero-order valence-corrected chi connectivity index (χ0v) is 18.6. The Labute approximate surface area is 193 Å². The van der Waals surface area contributed by atoms with Crippen LogP contribution in [0.5, 0.6) is 17.2 Å². The number of hydrogen-bond donors (Lipinski definition) is 1. The third-order valence-corrected chi connectivity index (χ3v) is 4.96. The first-order valence-corrected chi connectivity index (χ1v) is 10.4. The number of rotatable bonds is 10. The van der Waals surface area contributed by atoms with Crippen molar-refractivity contribution in [3.05, 3.63) is 89.5 Å². The molecule has 0 bridgehead atoms. The van der Waals surface area contributed by atoms with Gasteiger partial charge in [0.15, 0.2) is 0 Å². The largest absolute Gasteiger partial charge is 0.497 e. The number of ether oxygens (including phenoxy) is 4. The molecule has 33 heavy (non-hydrogen) atoms. The maximum absolute atomic E-state index is 12.1. The molecule has 7 heteroatoms. The van der Waals surface area contributed by atoms with Gasteiger partial charge < -0.3 is 24.3 Å². The highest BCUT2D eigenvalue weighted by molar-refractivity contribution is 5.67. The number of nitriles is 1. The van der Waals surface area contributed by atoms with Crippen LogP contribution in [0.3, 0.4) is 0 Å². The molecule has 170 valence electrons. The Bertz CT molecular complexity index is 1080. The van der Waals surface area contributed by atoms with Gasteiger partial charge in [-0.1, -0.05) is 36.4 Å². The van der Waals surface area contributed by atoms with Crippen LogP contribution >= 0.6 is 0 Å². The average molecular weight is 447 g/mol. The normalized spacial score (nSPS) is 11.1. The molecule has 1 amide bonds. The first kappa shape index (κ1) is 23.5. The van der Waals surface area contributed by atoms with E-state index in [0.717, 1.165) is 28.2 Å². The monoisotopic (exact) mass is 446 g/mol. The van der Waals surface area contributed by atoms with E-state index in [0.29, 0.717) is 12.4 Å². The van der Waals surface area contributed by atoms with E-state index in [4.69, 9.17) is 18.9 Å². The Morgan fingerprint density at radius 1 is 0.879 bits per heavy atom. The molecule has 3 aromatic carbocycles. The summed E-state index contributed by atoms with van der Waals surface area (Å²) in [5.41, 5.74) is 2.59. The van der Waals surface area contributed by atoms with Gasteiger partial charge in [0.2, 0.25) is 0 Å². The summed E-state index contributed by atoms with van der Waals surface area (Å²) in [5.74, 6) is 1.62. The fourth-order valence-corrected chi connectivity index (χ4v) is 3.05. The van der Waals surface area contributed by atoms with Crippen molar-refractivity contribution in [2.24, 2.45) is 0 Å². The first-order valence-electron chi connectivity index (χ1n) is 10.4. The number of nitrogens with one attached hydrogen (secondary N) is 1. The highest BCUT2D eigenvalue weighted by atomic mass is 16.5. The first-order chi connectivity index (χ1) is 16.1. The number of benzene rings is 3. The Morgan fingerprint density at radius 3 is 2.06 bits per heavy atom. The molecule has 1 atom stereocenters. The topological polar surface area (TPSA) is 89.8 Å². The molecular formula is C26H26N2O5. The van der Waals surface area contributed by atoms with E-state index in [1.54, 1.807) is 26.4 Å². The third-order valence-electron chi connectivity index (χ3n) is 4.96. The van der Waals surface area contributed by atoms with Gasteiger partial charge >= 0.3 is 6.09 Å². The molecule has 3 aromatic rings. The van der Waals surface area contributed by atoms with Gasteiger partial charge in [0, 0.05) is 6.54 Å². The molecule has 0 aliphatic heterocycles. The van der Waals surface area contributed by atoms with Crippen LogP contribution in [0.4, 0.5) is 4.79 Å². The number of amides is 1. The molecule has 1 N–H and O–H groups in total. The van der Waals surface area contributed by atoms with Crippen molar-refractivity contribution in [3.8, 4) is 23.3 Å². The minimum Gasteiger partial charge on any atom is -0.497 e. The predicted molar refractivity (Wildman–Crippen MR) is 123 cm³/mol. The summed E-state index contributed by atoms with van der Waals surface area (Å²) < 4.78 is 21.3. The van der Waals surface area contributed by atoms with Crippen LogP contribution in [0.2, 0.25) is 0 Å². The number of hydrogen-bond acceptors (Lipinski definition) is 6. The second-order valence-electron chi connectivity index (χ2n) is 7.20. The highest BCUT2D eigenvalue weighted by Crippen LogP contribution is 2.22. The second-order valence-corrected chi connectivity index (χ2v) is 7.20. The maximum Gasteiger partial charge on any atom is 0.407 e. The van der Waals surface area contributed by atoms with E-state index in [-0.39, 0.29) is 13.2 Å². The van der Waals surface area contributed by atoms with Crippen LogP contribution < -0.4 is 19.5 Å². The summed E-state index contributed by atoms with van der Waals surface area (Å²) in [7, 11) is 3.21. The van der Waals surface area contributed by atoms with Crippen LogP contribution in [0.15, 0.2) is 72.8 Å². The molecule has 1 unspecified atom stereocenters. The van der Waals surface area contributed by atoms with Gasteiger partial charge in [0.25, 0.3) is 0 Å². The van der Waals surface area contributed by atoms with Crippen molar-refractivity contribution in [3.63, 3.8) is 0 Å². The summed E-state index contributed by atoms with van der Waals surface area (Å²) >= 11 is 0. The van der Waals surface area contributed by atoms with E-state index in [9.17, 15) is 10.1 Å². The van der Waals surface area contributed by atoms with Gasteiger partial charge in [-0.3, -0.25) is 0 Å². The maximum atomic E-state index is 12.1. The van der Waals surface area contributed by atoms with Crippen LogP contribution in [-0.2, 0) is 18.0 Å². The van der Waals surface area contributed by atoms with Gasteiger partial charge in [0.05, 0.1) is 26.2 Å². The summed E-state index contributed by atoms with van der Waals surface area (Å²) in [5, 5.41) is 12.2. The van der Waals surface area contributed by atoms with E-state index < -0.39 is 12.0 Å². The van der Waals surface area contributed by atoms with Crippen molar-refractivity contribution in [2.75, 3.05) is 20.8 Å². The molecule has 0 aliphatic rings. The van der Waals surface area contributed by atoms with Gasteiger partial charge in [0.1, 0.15) is 30.5 Å². The standard InChI is InChI=1S/C26H26N2O5/c1-30-23-10-6-19(7-11-23)17-32-25-5-3-4-21(14-25)22(15-27)16-28-26(29)33-18-20-8-12-24(31-2)13-9-20/h3-14,22H,16-18H2,1-2H3,(H,28,29). The molecule has 7 nitrogen and oxygen atoms in total. The lowest BCUT2D eigenvalue weighted by atomic mass is 10.0. The smallest absolute Gasteiger partial charge is 0.407 e. The summed E-state index contributed by atoms with van der Waals surface area (Å²) in [4.78, 5) is 12.1. The Hall–Kier alpha value is -4.18. The highest BCUT2D eigenvalue weighted by Gasteiger charge is 2.14. The molecule has 3 rings (SSSR count). The van der Waals surface area contributed by atoms with Crippen molar-refractivity contribution >= 4 is 6.09 Å². The Balaban J connectivity index is 1.49. The summed E-state index contributed by atoms with van der Waals surface area (Å²) in [6.45, 7) is 0.641. The second kappa shape index (κ2) is 12.0. The zero-order chi connectivity index (χ0) is 23.5. The van der Waals surface area contributed by atoms with Crippen molar-refractivity contribution in [1.29, 1.82) is 5.26 Å². The molecule has 0 fully saturated rings. The number of methoxy groups -OCH3 is 2. The number of nitrogens with zero attached hydrogens (tertiary/aromatic N) is 1. The lowest BCUT2D eigenvalue weighted by Crippen LogP contribution is -2.28. The van der Waals surface area contributed by atoms with Gasteiger partial charge in [-0.15, -0.1) is 0 Å². The van der Waals surface area contributed by atoms with E-state index in [1.807, 2.05) is 60.7 Å². The fraction of sp³-hybridized carbons (Fsp3) is 0.231. The minimum absolute atomic E-state index is 0.125. The molecule has 0 spiro atoms. The van der Waals surface area contributed by atoms with Crippen LogP contribution in [0.1, 0.15) is 22.6 Å². The summed E-state index contributed by atoms with van der Waals surface area (Å²) in [6.07, 6.45) is -0.585. The van der Waals surface area contributed by atoms with Crippen molar-refractivity contribution in [1.82, 2.24) is 5.32 Å². The van der Waals surface area contributed by atoms with Crippen molar-refractivity contribution in [2.45, 2.75) is 19.1 Å². The lowest BCUT2D eigenvalue weighted by Gasteiger charge is -2.13. The molecule has 0 saturated heterocycles. The number of carbonyl (C=O) groups excluding carboxylic acids is 1. The fourth-order valence-electron chi connectivity index (χ4n) is 3.05. The molecular weight excluding hydrogens is 420 g/mol. The number of alkyl carbamates (subject to hydrolysis) is 1. The van der Waals surface area contributed by atoms with Gasteiger partial charge in [-0.25, -0.2) is 4.79 Å². The average Bonchev–Trinajstić information content (AvgIpc) is 2.87. The van der Waals surface area contributed by atoms with E-state index >= 15 is 0 Å². The van der Waals surface area contributed by atoms with Crippen LogP contribution in [-0.4, -0.2) is 26.9 Å².